The van der Waals surface area contributed by atoms with Gasteiger partial charge in [-0.15, -0.1) is 0 Å². The molecular weight excluding hydrogens is 382 g/mol. The molecule has 1 amide bonds. The van der Waals surface area contributed by atoms with Gasteiger partial charge in [-0.1, -0.05) is 17.3 Å². The van der Waals surface area contributed by atoms with Gasteiger partial charge < -0.3 is 14.2 Å². The molecule has 158 valence electrons. The largest absolute Gasteiger partial charge is 0.493 e. The summed E-state index contributed by atoms with van der Waals surface area (Å²) in [6.07, 6.45) is 3.33. The molecule has 1 fully saturated rings. The number of benzene rings is 1. The highest BCUT2D eigenvalue weighted by Crippen LogP contribution is 2.31. The van der Waals surface area contributed by atoms with Gasteiger partial charge in [-0.05, 0) is 56.9 Å². The molecule has 2 aromatic heterocycles. The van der Waals surface area contributed by atoms with E-state index in [9.17, 15) is 4.79 Å². The lowest BCUT2D eigenvalue weighted by Crippen LogP contribution is -2.39. The minimum atomic E-state index is -0.208. The van der Waals surface area contributed by atoms with Crippen molar-refractivity contribution < 1.29 is 14.1 Å². The molecule has 4 rings (SSSR count). The first-order valence-electron chi connectivity index (χ1n) is 10.3. The highest BCUT2D eigenvalue weighted by molar-refractivity contribution is 5.93. The Kier molecular flexibility index (Phi) is 5.83. The highest BCUT2D eigenvalue weighted by atomic mass is 16.5. The second-order valence-electron chi connectivity index (χ2n) is 7.77. The molecule has 8 nitrogen and oxygen atoms in total. The van der Waals surface area contributed by atoms with E-state index in [-0.39, 0.29) is 11.9 Å². The quantitative estimate of drug-likeness (QED) is 0.620. The van der Waals surface area contributed by atoms with E-state index in [1.165, 1.54) is 0 Å². The van der Waals surface area contributed by atoms with Crippen LogP contribution in [-0.4, -0.2) is 43.9 Å². The van der Waals surface area contributed by atoms with Gasteiger partial charge in [-0.25, -0.2) is 0 Å². The third-order valence-electron chi connectivity index (χ3n) is 5.34. The van der Waals surface area contributed by atoms with Gasteiger partial charge >= 0.3 is 0 Å². The molecule has 0 saturated carbocycles. The maximum Gasteiger partial charge on any atom is 0.272 e. The maximum atomic E-state index is 13.1. The molecule has 1 saturated heterocycles. The second-order valence-corrected chi connectivity index (χ2v) is 7.77. The lowest BCUT2D eigenvalue weighted by atomic mass is 10.0. The molecule has 3 heterocycles. The molecule has 8 heteroatoms. The molecule has 30 heavy (non-hydrogen) atoms. The predicted molar refractivity (Wildman–Crippen MR) is 110 cm³/mol. The third-order valence-corrected chi connectivity index (χ3v) is 5.34. The highest BCUT2D eigenvalue weighted by Gasteiger charge is 2.33. The number of likely N-dealkylation sites (tertiary alicyclic amines) is 1. The first-order valence-corrected chi connectivity index (χ1v) is 10.3. The molecular formula is C22H27N5O3. The van der Waals surface area contributed by atoms with Crippen molar-refractivity contribution in [3.05, 3.63) is 59.0 Å². The number of amides is 1. The second kappa shape index (κ2) is 8.69. The molecule has 3 aromatic rings. The Morgan fingerprint density at radius 1 is 1.27 bits per heavy atom. The molecule has 0 bridgehead atoms. The van der Waals surface area contributed by atoms with E-state index in [0.717, 1.165) is 36.3 Å². The van der Waals surface area contributed by atoms with Crippen LogP contribution < -0.4 is 4.74 Å². The van der Waals surface area contributed by atoms with Crippen LogP contribution in [0.5, 0.6) is 5.75 Å². The minimum absolute atomic E-state index is 0.0506. The molecule has 0 spiro atoms. The lowest BCUT2D eigenvalue weighted by Gasteiger charge is -2.33. The van der Waals surface area contributed by atoms with Gasteiger partial charge in [-0.3, -0.25) is 9.48 Å². The van der Waals surface area contributed by atoms with Crippen LogP contribution in [0.2, 0.25) is 0 Å². The van der Waals surface area contributed by atoms with Crippen molar-refractivity contribution in [1.82, 2.24) is 24.8 Å². The van der Waals surface area contributed by atoms with E-state index in [0.29, 0.717) is 37.0 Å². The van der Waals surface area contributed by atoms with Gasteiger partial charge in [-0.2, -0.15) is 10.1 Å². The predicted octanol–water partition coefficient (Wildman–Crippen LogP) is 3.41. The van der Waals surface area contributed by atoms with Gasteiger partial charge in [0.2, 0.25) is 5.89 Å². The Bertz CT molecular complexity index is 1030. The number of hydrogen-bond acceptors (Lipinski definition) is 6. The normalized spacial score (nSPS) is 16.6. The van der Waals surface area contributed by atoms with Crippen molar-refractivity contribution in [2.45, 2.75) is 45.6 Å². The SMILES string of the molecule is Cc1cccc(OCCc2noc(C3CCCCN3C(=O)c3cc(C)nn3C)n2)c1. The number of ether oxygens (including phenoxy) is 1. The number of hydrogen-bond donors (Lipinski definition) is 0. The van der Waals surface area contributed by atoms with Crippen LogP contribution in [0.25, 0.3) is 0 Å². The molecule has 1 aliphatic rings. The summed E-state index contributed by atoms with van der Waals surface area (Å²) >= 11 is 0. The van der Waals surface area contributed by atoms with E-state index < -0.39 is 0 Å². The summed E-state index contributed by atoms with van der Waals surface area (Å²) < 4.78 is 13.0. The van der Waals surface area contributed by atoms with E-state index in [1.807, 2.05) is 49.1 Å². The van der Waals surface area contributed by atoms with Crippen molar-refractivity contribution in [2.75, 3.05) is 13.2 Å². The third kappa shape index (κ3) is 4.37. The Balaban J connectivity index is 1.42. The zero-order chi connectivity index (χ0) is 21.1. The van der Waals surface area contributed by atoms with Crippen LogP contribution in [0.3, 0.4) is 0 Å². The molecule has 0 radical (unpaired) electrons. The standard InChI is InChI=1S/C22H27N5O3/c1-15-7-6-8-17(13-15)29-12-10-20-23-21(30-25-20)18-9-4-5-11-27(18)22(28)19-14-16(2)24-26(19)3/h6-8,13-14,18H,4-5,9-12H2,1-3H3. The smallest absolute Gasteiger partial charge is 0.272 e. The fourth-order valence-corrected chi connectivity index (χ4v) is 3.86. The minimum Gasteiger partial charge on any atom is -0.493 e. The number of carbonyl (C=O) groups is 1. The van der Waals surface area contributed by atoms with E-state index in [1.54, 1.807) is 11.7 Å². The van der Waals surface area contributed by atoms with Gasteiger partial charge in [0.15, 0.2) is 5.82 Å². The van der Waals surface area contributed by atoms with Crippen molar-refractivity contribution in [3.8, 4) is 5.75 Å². The Hall–Kier alpha value is -3.16. The molecule has 1 aromatic carbocycles. The van der Waals surface area contributed by atoms with E-state index in [4.69, 9.17) is 9.26 Å². The molecule has 1 aliphatic heterocycles. The summed E-state index contributed by atoms with van der Waals surface area (Å²) in [5.41, 5.74) is 2.55. The maximum absolute atomic E-state index is 13.1. The Morgan fingerprint density at radius 3 is 2.90 bits per heavy atom. The number of aryl methyl sites for hydroxylation is 3. The van der Waals surface area contributed by atoms with Crippen LogP contribution in [-0.2, 0) is 13.5 Å². The van der Waals surface area contributed by atoms with Gasteiger partial charge in [0.1, 0.15) is 17.5 Å². The molecule has 0 N–H and O–H groups in total. The molecule has 0 aliphatic carbocycles. The first-order chi connectivity index (χ1) is 14.5. The molecule has 1 atom stereocenters. The average molecular weight is 409 g/mol. The first kappa shape index (κ1) is 20.1. The summed E-state index contributed by atoms with van der Waals surface area (Å²) in [4.78, 5) is 19.5. The Labute approximate surface area is 175 Å². The van der Waals surface area contributed by atoms with E-state index in [2.05, 4.69) is 15.2 Å². The fourth-order valence-electron chi connectivity index (χ4n) is 3.86. The number of rotatable bonds is 6. The summed E-state index contributed by atoms with van der Waals surface area (Å²) in [6, 6.07) is 9.53. The summed E-state index contributed by atoms with van der Waals surface area (Å²) in [7, 11) is 1.79. The number of aromatic nitrogens is 4. The van der Waals surface area contributed by atoms with Crippen molar-refractivity contribution >= 4 is 5.91 Å². The number of carbonyl (C=O) groups excluding carboxylic acids is 1. The zero-order valence-corrected chi connectivity index (χ0v) is 17.7. The monoisotopic (exact) mass is 409 g/mol. The van der Waals surface area contributed by atoms with Crippen LogP contribution in [0.4, 0.5) is 0 Å². The fraction of sp³-hybridized carbons (Fsp3) is 0.455. The van der Waals surface area contributed by atoms with Gasteiger partial charge in [0.05, 0.1) is 12.3 Å². The van der Waals surface area contributed by atoms with Crippen LogP contribution in [0.15, 0.2) is 34.9 Å². The van der Waals surface area contributed by atoms with Crippen molar-refractivity contribution in [3.63, 3.8) is 0 Å². The van der Waals surface area contributed by atoms with Crippen LogP contribution >= 0.6 is 0 Å². The topological polar surface area (TPSA) is 86.3 Å². The lowest BCUT2D eigenvalue weighted by molar-refractivity contribution is 0.0550. The zero-order valence-electron chi connectivity index (χ0n) is 17.7. The molecule has 1 unspecified atom stereocenters. The number of piperidine rings is 1. The van der Waals surface area contributed by atoms with Gasteiger partial charge in [0.25, 0.3) is 5.91 Å². The number of nitrogens with zero attached hydrogens (tertiary/aromatic N) is 5. The van der Waals surface area contributed by atoms with Crippen LogP contribution in [0, 0.1) is 13.8 Å². The average Bonchev–Trinajstić information content (AvgIpc) is 3.33. The van der Waals surface area contributed by atoms with Crippen molar-refractivity contribution in [1.29, 1.82) is 0 Å². The van der Waals surface area contributed by atoms with Crippen LogP contribution in [0.1, 0.15) is 58.8 Å². The summed E-state index contributed by atoms with van der Waals surface area (Å²) in [6.45, 7) is 5.04. The summed E-state index contributed by atoms with van der Waals surface area (Å²) in [5, 5.41) is 8.40. The summed E-state index contributed by atoms with van der Waals surface area (Å²) in [5.74, 6) is 1.86. The van der Waals surface area contributed by atoms with Crippen molar-refractivity contribution in [2.24, 2.45) is 7.05 Å². The van der Waals surface area contributed by atoms with E-state index >= 15 is 0 Å². The van der Waals surface area contributed by atoms with Gasteiger partial charge in [0, 0.05) is 20.0 Å². The Morgan fingerprint density at radius 2 is 2.13 bits per heavy atom.